The van der Waals surface area contributed by atoms with Gasteiger partial charge in [-0.2, -0.15) is 0 Å². The van der Waals surface area contributed by atoms with Gasteiger partial charge in [-0.3, -0.25) is 0 Å². The van der Waals surface area contributed by atoms with Crippen molar-refractivity contribution in [2.45, 2.75) is 50.3 Å². The van der Waals surface area contributed by atoms with Gasteiger partial charge in [0.2, 0.25) is 0 Å². The number of methoxy groups -OCH3 is 1. The van der Waals surface area contributed by atoms with Gasteiger partial charge < -0.3 is 29.2 Å². The van der Waals surface area contributed by atoms with Gasteiger partial charge in [0, 0.05) is 7.11 Å². The minimum Gasteiger partial charge on any atom is -0.394 e. The largest absolute Gasteiger partial charge is 0.394 e. The summed E-state index contributed by atoms with van der Waals surface area (Å²) in [4.78, 5) is 0. The van der Waals surface area contributed by atoms with Gasteiger partial charge >= 0.3 is 0 Å². The van der Waals surface area contributed by atoms with Gasteiger partial charge in [-0.25, -0.2) is 0 Å². The summed E-state index contributed by atoms with van der Waals surface area (Å²) in [5.41, 5.74) is 0. The average molecular weight is 234 g/mol. The summed E-state index contributed by atoms with van der Waals surface area (Å²) in [5, 5.41) is 18.5. The zero-order valence-corrected chi connectivity index (χ0v) is 9.62. The van der Waals surface area contributed by atoms with Crippen LogP contribution in [0.25, 0.3) is 0 Å². The van der Waals surface area contributed by atoms with Gasteiger partial charge in [0.05, 0.1) is 6.61 Å². The quantitative estimate of drug-likeness (QED) is 0.668. The molecule has 0 radical (unpaired) electrons. The molecule has 0 spiro atoms. The molecule has 0 bridgehead atoms. The first-order valence-corrected chi connectivity index (χ1v) is 5.31. The number of aliphatic hydroxyl groups is 2. The van der Waals surface area contributed by atoms with Crippen molar-refractivity contribution in [2.24, 2.45) is 0 Å². The molecule has 16 heavy (non-hydrogen) atoms. The Morgan fingerprint density at radius 2 is 2.06 bits per heavy atom. The van der Waals surface area contributed by atoms with Crippen LogP contribution in [0, 0.1) is 0 Å². The van der Waals surface area contributed by atoms with E-state index in [1.165, 1.54) is 7.11 Å². The molecule has 6 heteroatoms. The summed E-state index contributed by atoms with van der Waals surface area (Å²) >= 11 is 0. The topological polar surface area (TPSA) is 77.4 Å². The lowest BCUT2D eigenvalue weighted by atomic mass is 10.1. The molecule has 5 atom stereocenters. The summed E-state index contributed by atoms with van der Waals surface area (Å²) in [5.74, 6) is -0.707. The predicted molar refractivity (Wildman–Crippen MR) is 52.6 cm³/mol. The molecule has 0 saturated carbocycles. The van der Waals surface area contributed by atoms with Crippen molar-refractivity contribution < 1.29 is 29.2 Å². The molecule has 2 rings (SSSR count). The van der Waals surface area contributed by atoms with Gasteiger partial charge in [0.15, 0.2) is 12.1 Å². The molecule has 94 valence electrons. The van der Waals surface area contributed by atoms with Gasteiger partial charge in [-0.1, -0.05) is 0 Å². The second kappa shape index (κ2) is 4.21. The average Bonchev–Trinajstić information content (AvgIpc) is 2.68. The number of fused-ring (bicyclic) bond motifs is 1. The third-order valence-electron chi connectivity index (χ3n) is 2.87. The maximum Gasteiger partial charge on any atom is 0.190 e. The van der Waals surface area contributed by atoms with Crippen LogP contribution >= 0.6 is 0 Å². The fourth-order valence-electron chi connectivity index (χ4n) is 2.19. The molecular formula is C10H18O6. The number of rotatable bonds is 3. The maximum atomic E-state index is 9.58. The molecule has 2 heterocycles. The van der Waals surface area contributed by atoms with Crippen molar-refractivity contribution in [3.05, 3.63) is 0 Å². The third kappa shape index (κ3) is 1.97. The molecular weight excluding hydrogens is 216 g/mol. The molecule has 0 aromatic rings. The van der Waals surface area contributed by atoms with E-state index in [-0.39, 0.29) is 12.7 Å². The Bertz CT molecular complexity index is 256. The van der Waals surface area contributed by atoms with Crippen molar-refractivity contribution in [3.63, 3.8) is 0 Å². The molecule has 0 aromatic heterocycles. The van der Waals surface area contributed by atoms with Crippen molar-refractivity contribution in [2.75, 3.05) is 13.7 Å². The van der Waals surface area contributed by atoms with Crippen LogP contribution < -0.4 is 0 Å². The van der Waals surface area contributed by atoms with Crippen LogP contribution in [0.3, 0.4) is 0 Å². The molecule has 2 fully saturated rings. The number of hydrogen-bond donors (Lipinski definition) is 2. The van der Waals surface area contributed by atoms with E-state index in [0.29, 0.717) is 0 Å². The van der Waals surface area contributed by atoms with Crippen molar-refractivity contribution in [3.8, 4) is 0 Å². The minimum absolute atomic E-state index is 0.369. The van der Waals surface area contributed by atoms with E-state index >= 15 is 0 Å². The molecule has 0 amide bonds. The van der Waals surface area contributed by atoms with E-state index in [2.05, 4.69) is 0 Å². The standard InChI is InChI=1S/C10H18O6/c1-10(2)15-8-7(13-3)6(5(12)4-11)14-9(8)16-10/h5-9,11-12H,4H2,1-3H3/t5-,6-,7+,8-,9-/m1/s1. The second-order valence-electron chi connectivity index (χ2n) is 4.52. The molecule has 0 aliphatic carbocycles. The van der Waals surface area contributed by atoms with Crippen LogP contribution in [0.5, 0.6) is 0 Å². The Labute approximate surface area is 94.1 Å². The summed E-state index contributed by atoms with van der Waals surface area (Å²) in [7, 11) is 1.52. The highest BCUT2D eigenvalue weighted by Crippen LogP contribution is 2.39. The first kappa shape index (κ1) is 12.2. The smallest absolute Gasteiger partial charge is 0.190 e. The van der Waals surface area contributed by atoms with Gasteiger partial charge in [0.25, 0.3) is 0 Å². The summed E-state index contributed by atoms with van der Waals surface area (Å²) < 4.78 is 21.9. The Balaban J connectivity index is 2.09. The van der Waals surface area contributed by atoms with Crippen molar-refractivity contribution >= 4 is 0 Å². The summed E-state index contributed by atoms with van der Waals surface area (Å²) in [6.07, 6.45) is -2.97. The highest BCUT2D eigenvalue weighted by molar-refractivity contribution is 4.96. The van der Waals surface area contributed by atoms with Crippen LogP contribution in [0.2, 0.25) is 0 Å². The molecule has 0 aromatic carbocycles. The summed E-state index contributed by atoms with van der Waals surface area (Å²) in [6, 6.07) is 0. The maximum absolute atomic E-state index is 9.58. The van der Waals surface area contributed by atoms with Crippen LogP contribution in [0.15, 0.2) is 0 Å². The van der Waals surface area contributed by atoms with Crippen LogP contribution in [0.1, 0.15) is 13.8 Å². The van der Waals surface area contributed by atoms with Crippen LogP contribution in [-0.2, 0) is 18.9 Å². The Kier molecular flexibility index (Phi) is 3.22. The van der Waals surface area contributed by atoms with Crippen LogP contribution in [0.4, 0.5) is 0 Å². The van der Waals surface area contributed by atoms with Crippen LogP contribution in [-0.4, -0.2) is 60.4 Å². The molecule has 0 unspecified atom stereocenters. The summed E-state index contributed by atoms with van der Waals surface area (Å²) in [6.45, 7) is 3.20. The predicted octanol–water partition coefficient (Wildman–Crippen LogP) is -0.769. The third-order valence-corrected chi connectivity index (χ3v) is 2.87. The SMILES string of the molecule is CO[C@@H]1[C@H]2OC(C)(C)O[C@H]2O[C@@H]1[C@H](O)CO. The number of hydrogen-bond acceptors (Lipinski definition) is 6. The number of aliphatic hydroxyl groups excluding tert-OH is 2. The first-order valence-electron chi connectivity index (χ1n) is 5.31. The fourth-order valence-corrected chi connectivity index (χ4v) is 2.19. The zero-order valence-electron chi connectivity index (χ0n) is 9.62. The van der Waals surface area contributed by atoms with Gasteiger partial charge in [-0.15, -0.1) is 0 Å². The lowest BCUT2D eigenvalue weighted by Crippen LogP contribution is -2.43. The van der Waals surface area contributed by atoms with E-state index < -0.39 is 30.4 Å². The van der Waals surface area contributed by atoms with Crippen molar-refractivity contribution in [1.29, 1.82) is 0 Å². The van der Waals surface area contributed by atoms with E-state index in [1.54, 1.807) is 13.8 Å². The molecule has 6 nitrogen and oxygen atoms in total. The zero-order chi connectivity index (χ0) is 11.9. The lowest BCUT2D eigenvalue weighted by Gasteiger charge is -2.26. The van der Waals surface area contributed by atoms with Gasteiger partial charge in [-0.05, 0) is 13.8 Å². The van der Waals surface area contributed by atoms with E-state index in [1.807, 2.05) is 0 Å². The van der Waals surface area contributed by atoms with Crippen molar-refractivity contribution in [1.82, 2.24) is 0 Å². The van der Waals surface area contributed by atoms with E-state index in [4.69, 9.17) is 24.1 Å². The van der Waals surface area contributed by atoms with Gasteiger partial charge in [0.1, 0.15) is 24.4 Å². The minimum atomic E-state index is -0.995. The highest BCUT2D eigenvalue weighted by atomic mass is 16.8. The lowest BCUT2D eigenvalue weighted by molar-refractivity contribution is -0.229. The normalized spacial score (nSPS) is 43.3. The number of ether oxygens (including phenoxy) is 4. The van der Waals surface area contributed by atoms with E-state index in [0.717, 1.165) is 0 Å². The Morgan fingerprint density at radius 1 is 1.38 bits per heavy atom. The molecule has 2 saturated heterocycles. The fraction of sp³-hybridized carbons (Fsp3) is 1.00. The Hall–Kier alpha value is -0.240. The first-order chi connectivity index (χ1) is 7.48. The monoisotopic (exact) mass is 234 g/mol. The Morgan fingerprint density at radius 3 is 2.62 bits per heavy atom. The molecule has 2 N–H and O–H groups in total. The molecule has 2 aliphatic rings. The second-order valence-corrected chi connectivity index (χ2v) is 4.52. The van der Waals surface area contributed by atoms with E-state index in [9.17, 15) is 5.11 Å². The highest BCUT2D eigenvalue weighted by Gasteiger charge is 2.56. The molecule has 2 aliphatic heterocycles.